The van der Waals surface area contributed by atoms with Crippen LogP contribution in [0.4, 0.5) is 0 Å². The number of nitrogens with zero attached hydrogens (tertiary/aromatic N) is 2. The number of hydrogen-bond acceptors (Lipinski definition) is 0. The molecule has 2 heteroatoms. The van der Waals surface area contributed by atoms with E-state index in [9.17, 15) is 5.53 Å². The molecule has 0 fully saturated rings. The summed E-state index contributed by atoms with van der Waals surface area (Å²) in [7, 11) is 0. The summed E-state index contributed by atoms with van der Waals surface area (Å²) in [5, 5.41) is 0. The Hall–Kier alpha value is -2.48. The van der Waals surface area contributed by atoms with Crippen molar-refractivity contribution in [2.45, 2.75) is 189 Å². The van der Waals surface area contributed by atoms with Gasteiger partial charge in [0.2, 0.25) is 11.4 Å². The maximum absolute atomic E-state index is 12.5. The molecule has 0 spiro atoms. The highest BCUT2D eigenvalue weighted by Crippen LogP contribution is 2.45. The van der Waals surface area contributed by atoms with Crippen molar-refractivity contribution in [3.63, 3.8) is 0 Å². The van der Waals surface area contributed by atoms with Gasteiger partial charge in [0.25, 0.3) is 0 Å². The standard InChI is InChI=1S/C45H70N2/c1-7-13-19-20-21-23-29-43-42(28-22-14-8-2)44(40-32-36(24-15-9-3)30-37(33-40)25-16-10-4)47(46)45(43)41-34-38(26-17-11-5)31-39(35-41)27-18-12-6/h30-35H,7-29H2,1-6H3. The van der Waals surface area contributed by atoms with E-state index in [4.69, 9.17) is 0 Å². The van der Waals surface area contributed by atoms with Crippen molar-refractivity contribution >= 4 is 11.4 Å². The molecule has 1 aliphatic heterocycles. The molecule has 260 valence electrons. The second-order valence-electron chi connectivity index (χ2n) is 14.4. The van der Waals surface area contributed by atoms with Gasteiger partial charge in [-0.3, -0.25) is 0 Å². The Morgan fingerprint density at radius 2 is 0.660 bits per heavy atom. The van der Waals surface area contributed by atoms with Crippen LogP contribution in [-0.4, -0.2) is 4.70 Å². The van der Waals surface area contributed by atoms with E-state index in [0.29, 0.717) is 0 Å². The minimum absolute atomic E-state index is 1.04. The summed E-state index contributed by atoms with van der Waals surface area (Å²) in [6.45, 7) is 13.8. The van der Waals surface area contributed by atoms with Crippen LogP contribution in [0, 0.1) is 0 Å². The Balaban J connectivity index is 2.20. The number of allylic oxidation sites excluding steroid dienone is 2. The van der Waals surface area contributed by atoms with Crippen molar-refractivity contribution in [2.75, 3.05) is 0 Å². The van der Waals surface area contributed by atoms with E-state index in [2.05, 4.69) is 77.9 Å². The molecule has 2 aromatic rings. The molecule has 2 nitrogen and oxygen atoms in total. The average molecular weight is 639 g/mol. The highest BCUT2D eigenvalue weighted by molar-refractivity contribution is 5.82. The van der Waals surface area contributed by atoms with Crippen molar-refractivity contribution in [1.82, 2.24) is 0 Å². The molecule has 0 radical (unpaired) electrons. The van der Waals surface area contributed by atoms with E-state index in [1.54, 1.807) is 4.70 Å². The highest BCUT2D eigenvalue weighted by atomic mass is 15.2. The molecular formula is C45H70N2. The lowest BCUT2D eigenvalue weighted by Gasteiger charge is -2.14. The van der Waals surface area contributed by atoms with Gasteiger partial charge in [-0.25, -0.2) is 4.70 Å². The maximum Gasteiger partial charge on any atom is 0.211 e. The van der Waals surface area contributed by atoms with E-state index < -0.39 is 0 Å². The van der Waals surface area contributed by atoms with Crippen LogP contribution < -0.4 is 0 Å². The molecule has 0 aromatic heterocycles. The van der Waals surface area contributed by atoms with Gasteiger partial charge in [-0.15, -0.1) is 0 Å². The molecule has 3 rings (SSSR count). The lowest BCUT2D eigenvalue weighted by Crippen LogP contribution is -2.05. The molecule has 0 bridgehead atoms. The second kappa shape index (κ2) is 22.2. The summed E-state index contributed by atoms with van der Waals surface area (Å²) >= 11 is 0. The van der Waals surface area contributed by atoms with Crippen molar-refractivity contribution in [2.24, 2.45) is 0 Å². The number of hydrogen-bond donors (Lipinski definition) is 0. The Labute approximate surface area is 291 Å². The SMILES string of the molecule is CCCCCCCCC1=C(c2cc(CCCC)cc(CCCC)c2)[N+](=[N-])C(c2cc(CCCC)cc(CCCC)c2)=C1CCCCC. The zero-order valence-corrected chi connectivity index (χ0v) is 31.6. The molecule has 0 atom stereocenters. The van der Waals surface area contributed by atoms with E-state index in [1.165, 1.54) is 154 Å². The summed E-state index contributed by atoms with van der Waals surface area (Å²) in [6, 6.07) is 14.6. The molecule has 1 aliphatic rings. The van der Waals surface area contributed by atoms with Crippen LogP contribution in [0.2, 0.25) is 0 Å². The molecule has 2 aromatic carbocycles. The first-order chi connectivity index (χ1) is 23.0. The fourth-order valence-electron chi connectivity index (χ4n) is 7.32. The van der Waals surface area contributed by atoms with Gasteiger partial charge >= 0.3 is 0 Å². The monoisotopic (exact) mass is 639 g/mol. The largest absolute Gasteiger partial charge is 0.493 e. The van der Waals surface area contributed by atoms with E-state index >= 15 is 0 Å². The summed E-state index contributed by atoms with van der Waals surface area (Å²) in [6.07, 6.45) is 27.5. The third-order valence-electron chi connectivity index (χ3n) is 10.1. The van der Waals surface area contributed by atoms with Gasteiger partial charge in [-0.1, -0.05) is 124 Å². The number of unbranched alkanes of at least 4 members (excludes halogenated alkanes) is 11. The minimum Gasteiger partial charge on any atom is -0.493 e. The molecular weight excluding hydrogens is 569 g/mol. The van der Waals surface area contributed by atoms with Gasteiger partial charge < -0.3 is 5.53 Å². The fraction of sp³-hybridized carbons (Fsp3) is 0.644. The Bertz CT molecular complexity index is 1240. The maximum atomic E-state index is 12.5. The zero-order valence-electron chi connectivity index (χ0n) is 31.6. The van der Waals surface area contributed by atoms with Crippen molar-refractivity contribution in [3.05, 3.63) is 86.5 Å². The quantitative estimate of drug-likeness (QED) is 0.0764. The average Bonchev–Trinajstić information content (AvgIpc) is 3.36. The van der Waals surface area contributed by atoms with E-state index in [1.807, 2.05) is 0 Å². The summed E-state index contributed by atoms with van der Waals surface area (Å²) in [5.74, 6) is 0. The zero-order chi connectivity index (χ0) is 33.9. The lowest BCUT2D eigenvalue weighted by molar-refractivity contribution is -0.345. The third-order valence-corrected chi connectivity index (χ3v) is 10.1. The summed E-state index contributed by atoms with van der Waals surface area (Å²) < 4.78 is 1.67. The first-order valence-corrected chi connectivity index (χ1v) is 20.2. The van der Waals surface area contributed by atoms with Crippen LogP contribution in [0.3, 0.4) is 0 Å². The van der Waals surface area contributed by atoms with Crippen LogP contribution in [0.15, 0.2) is 47.5 Å². The van der Waals surface area contributed by atoms with Crippen molar-refractivity contribution in [1.29, 1.82) is 0 Å². The van der Waals surface area contributed by atoms with E-state index in [-0.39, 0.29) is 0 Å². The van der Waals surface area contributed by atoms with Gasteiger partial charge in [0.05, 0.1) is 0 Å². The minimum atomic E-state index is 1.04. The second-order valence-corrected chi connectivity index (χ2v) is 14.4. The number of aryl methyl sites for hydroxylation is 4. The summed E-state index contributed by atoms with van der Waals surface area (Å²) in [5.41, 5.74) is 25.7. The van der Waals surface area contributed by atoms with Crippen LogP contribution >= 0.6 is 0 Å². The van der Waals surface area contributed by atoms with E-state index in [0.717, 1.165) is 49.9 Å². The molecule has 0 unspecified atom stereocenters. The normalized spacial score (nSPS) is 13.4. The first-order valence-electron chi connectivity index (χ1n) is 20.2. The predicted molar refractivity (Wildman–Crippen MR) is 207 cm³/mol. The Kier molecular flexibility index (Phi) is 18.4. The molecule has 0 N–H and O–H groups in total. The smallest absolute Gasteiger partial charge is 0.211 e. The molecule has 0 aliphatic carbocycles. The molecule has 47 heavy (non-hydrogen) atoms. The third kappa shape index (κ3) is 12.2. The summed E-state index contributed by atoms with van der Waals surface area (Å²) in [4.78, 5) is 0. The van der Waals surface area contributed by atoms with Crippen molar-refractivity contribution < 1.29 is 4.70 Å². The van der Waals surface area contributed by atoms with Gasteiger partial charge in [0, 0.05) is 22.3 Å². The van der Waals surface area contributed by atoms with Gasteiger partial charge in [0.15, 0.2) is 0 Å². The predicted octanol–water partition coefficient (Wildman–Crippen LogP) is 14.6. The first kappa shape index (κ1) is 39.0. The topological polar surface area (TPSA) is 25.3 Å². The Morgan fingerprint density at radius 1 is 0.362 bits per heavy atom. The van der Waals surface area contributed by atoms with Crippen LogP contribution in [0.25, 0.3) is 16.9 Å². The molecule has 0 saturated carbocycles. The highest BCUT2D eigenvalue weighted by Gasteiger charge is 2.35. The van der Waals surface area contributed by atoms with Crippen LogP contribution in [0.1, 0.15) is 197 Å². The molecule has 0 saturated heterocycles. The van der Waals surface area contributed by atoms with Crippen LogP contribution in [0.5, 0.6) is 0 Å². The Morgan fingerprint density at radius 3 is 1.02 bits per heavy atom. The van der Waals surface area contributed by atoms with Gasteiger partial charge in [0.1, 0.15) is 0 Å². The number of rotatable bonds is 25. The lowest BCUT2D eigenvalue weighted by atomic mass is 9.89. The molecule has 1 heterocycles. The fourth-order valence-corrected chi connectivity index (χ4v) is 7.32. The van der Waals surface area contributed by atoms with Crippen molar-refractivity contribution in [3.8, 4) is 0 Å². The number of benzene rings is 2. The van der Waals surface area contributed by atoms with Crippen LogP contribution in [-0.2, 0) is 25.7 Å². The van der Waals surface area contributed by atoms with Gasteiger partial charge in [-0.2, -0.15) is 0 Å². The molecule has 0 amide bonds. The van der Waals surface area contributed by atoms with Gasteiger partial charge in [-0.05, 0) is 124 Å².